The summed E-state index contributed by atoms with van der Waals surface area (Å²) < 4.78 is 6.08. The van der Waals surface area contributed by atoms with Crippen molar-refractivity contribution in [2.45, 2.75) is 82.8 Å². The molecule has 6 heteroatoms. The molecule has 6 nitrogen and oxygen atoms in total. The van der Waals surface area contributed by atoms with E-state index < -0.39 is 5.60 Å². The highest BCUT2D eigenvalue weighted by Gasteiger charge is 2.34. The molecule has 5 rings (SSSR count). The van der Waals surface area contributed by atoms with Crippen molar-refractivity contribution in [1.82, 2.24) is 15.2 Å². The smallest absolute Gasteiger partial charge is 0.267 e. The van der Waals surface area contributed by atoms with Gasteiger partial charge >= 0.3 is 0 Å². The minimum absolute atomic E-state index is 0.0705. The molecule has 1 amide bonds. The lowest BCUT2D eigenvalue weighted by molar-refractivity contribution is -0.0201. The van der Waals surface area contributed by atoms with E-state index in [-0.39, 0.29) is 11.9 Å². The monoisotopic (exact) mass is 467 g/mol. The van der Waals surface area contributed by atoms with Gasteiger partial charge in [-0.15, -0.1) is 0 Å². The number of hydrogen-bond donors (Lipinski definition) is 3. The SMILES string of the molecule is C[C@@H]1CCCN(CCC2(O)CCC(NC(=O)c3cc4c(OCC5CCC5)cccc4[nH]3)CC2)C1. The lowest BCUT2D eigenvalue weighted by atomic mass is 9.80. The number of ether oxygens (including phenoxy) is 1. The first-order chi connectivity index (χ1) is 16.5. The molecule has 1 aromatic heterocycles. The van der Waals surface area contributed by atoms with E-state index in [0.717, 1.165) is 80.9 Å². The fourth-order valence-electron chi connectivity index (χ4n) is 5.91. The van der Waals surface area contributed by atoms with Crippen molar-refractivity contribution in [1.29, 1.82) is 0 Å². The van der Waals surface area contributed by atoms with E-state index >= 15 is 0 Å². The number of piperidine rings is 1. The van der Waals surface area contributed by atoms with Crippen LogP contribution in [0.25, 0.3) is 10.9 Å². The molecule has 3 aliphatic rings. The highest BCUT2D eigenvalue weighted by molar-refractivity contribution is 5.99. The van der Waals surface area contributed by atoms with E-state index in [2.05, 4.69) is 22.1 Å². The number of hydrogen-bond acceptors (Lipinski definition) is 4. The second-order valence-corrected chi connectivity index (χ2v) is 11.3. The Morgan fingerprint density at radius 1 is 1.21 bits per heavy atom. The number of amides is 1. The summed E-state index contributed by atoms with van der Waals surface area (Å²) in [5, 5.41) is 15.3. The quantitative estimate of drug-likeness (QED) is 0.517. The summed E-state index contributed by atoms with van der Waals surface area (Å²) in [5.74, 6) is 2.22. The fourth-order valence-corrected chi connectivity index (χ4v) is 5.91. The number of H-pyrrole nitrogens is 1. The number of rotatable bonds is 8. The summed E-state index contributed by atoms with van der Waals surface area (Å²) in [5.41, 5.74) is 0.923. The summed E-state index contributed by atoms with van der Waals surface area (Å²) in [6.07, 6.45) is 10.4. The van der Waals surface area contributed by atoms with Gasteiger partial charge in [0.05, 0.1) is 12.2 Å². The van der Waals surface area contributed by atoms with Crippen molar-refractivity contribution in [3.05, 3.63) is 30.0 Å². The largest absolute Gasteiger partial charge is 0.493 e. The van der Waals surface area contributed by atoms with Gasteiger partial charge in [0.15, 0.2) is 0 Å². The number of likely N-dealkylation sites (tertiary alicyclic amines) is 1. The number of nitrogens with one attached hydrogen (secondary N) is 2. The number of nitrogens with zero attached hydrogens (tertiary/aromatic N) is 1. The molecule has 1 aliphatic heterocycles. The molecule has 1 atom stereocenters. The predicted molar refractivity (Wildman–Crippen MR) is 135 cm³/mol. The van der Waals surface area contributed by atoms with Gasteiger partial charge in [-0.1, -0.05) is 19.4 Å². The zero-order valence-corrected chi connectivity index (χ0v) is 20.7. The Labute approximate surface area is 203 Å². The second kappa shape index (κ2) is 10.3. The maximum atomic E-state index is 13.0. The van der Waals surface area contributed by atoms with Crippen molar-refractivity contribution in [2.75, 3.05) is 26.2 Å². The molecule has 1 saturated heterocycles. The predicted octanol–water partition coefficient (Wildman–Crippen LogP) is 4.87. The summed E-state index contributed by atoms with van der Waals surface area (Å²) >= 11 is 0. The molecule has 1 aromatic carbocycles. The van der Waals surface area contributed by atoms with Crippen LogP contribution in [-0.4, -0.2) is 58.8 Å². The summed E-state index contributed by atoms with van der Waals surface area (Å²) in [6.45, 7) is 6.39. The van der Waals surface area contributed by atoms with Gasteiger partial charge in [0.2, 0.25) is 0 Å². The molecule has 2 aliphatic carbocycles. The summed E-state index contributed by atoms with van der Waals surface area (Å²) in [4.78, 5) is 18.8. The van der Waals surface area contributed by atoms with Gasteiger partial charge < -0.3 is 25.0 Å². The van der Waals surface area contributed by atoms with E-state index in [9.17, 15) is 9.90 Å². The van der Waals surface area contributed by atoms with E-state index in [1.54, 1.807) is 0 Å². The molecule has 0 bridgehead atoms. The third-order valence-corrected chi connectivity index (χ3v) is 8.45. The Balaban J connectivity index is 1.12. The van der Waals surface area contributed by atoms with Gasteiger partial charge in [0.25, 0.3) is 5.91 Å². The normalized spacial score (nSPS) is 28.5. The van der Waals surface area contributed by atoms with E-state index in [4.69, 9.17) is 4.74 Å². The van der Waals surface area contributed by atoms with Crippen LogP contribution in [0.5, 0.6) is 5.75 Å². The molecule has 2 saturated carbocycles. The molecule has 3 fully saturated rings. The van der Waals surface area contributed by atoms with Crippen LogP contribution < -0.4 is 10.1 Å². The van der Waals surface area contributed by atoms with Gasteiger partial charge in [-0.25, -0.2) is 0 Å². The lowest BCUT2D eigenvalue weighted by Crippen LogP contribution is -2.45. The molecular formula is C28H41N3O3. The average molecular weight is 468 g/mol. The Hall–Kier alpha value is -2.05. The van der Waals surface area contributed by atoms with Crippen molar-refractivity contribution in [2.24, 2.45) is 11.8 Å². The number of fused-ring (bicyclic) bond motifs is 1. The van der Waals surface area contributed by atoms with Crippen LogP contribution in [-0.2, 0) is 0 Å². The summed E-state index contributed by atoms with van der Waals surface area (Å²) in [7, 11) is 0. The molecule has 3 N–H and O–H groups in total. The zero-order chi connectivity index (χ0) is 23.5. The van der Waals surface area contributed by atoms with Crippen molar-refractivity contribution in [3.8, 4) is 5.75 Å². The van der Waals surface area contributed by atoms with Crippen molar-refractivity contribution >= 4 is 16.8 Å². The van der Waals surface area contributed by atoms with Crippen LogP contribution >= 0.6 is 0 Å². The fraction of sp³-hybridized carbons (Fsp3) is 0.679. The Kier molecular flexibility index (Phi) is 7.16. The highest BCUT2D eigenvalue weighted by Crippen LogP contribution is 2.33. The lowest BCUT2D eigenvalue weighted by Gasteiger charge is -2.39. The third-order valence-electron chi connectivity index (χ3n) is 8.45. The van der Waals surface area contributed by atoms with Crippen molar-refractivity contribution in [3.63, 3.8) is 0 Å². The number of aromatic amines is 1. The van der Waals surface area contributed by atoms with Gasteiger partial charge in [-0.05, 0) is 94.4 Å². The maximum Gasteiger partial charge on any atom is 0.267 e. The van der Waals surface area contributed by atoms with Crippen LogP contribution in [0.1, 0.15) is 81.6 Å². The third kappa shape index (κ3) is 5.60. The van der Waals surface area contributed by atoms with Crippen LogP contribution in [0.2, 0.25) is 0 Å². The van der Waals surface area contributed by atoms with Crippen LogP contribution in [0, 0.1) is 11.8 Å². The van der Waals surface area contributed by atoms with Crippen LogP contribution in [0.4, 0.5) is 0 Å². The highest BCUT2D eigenvalue weighted by atomic mass is 16.5. The van der Waals surface area contributed by atoms with Crippen LogP contribution in [0.15, 0.2) is 24.3 Å². The molecule has 0 radical (unpaired) electrons. The molecule has 0 unspecified atom stereocenters. The van der Waals surface area contributed by atoms with E-state index in [0.29, 0.717) is 11.6 Å². The molecule has 34 heavy (non-hydrogen) atoms. The van der Waals surface area contributed by atoms with E-state index in [1.807, 2.05) is 24.3 Å². The van der Waals surface area contributed by atoms with Gasteiger partial charge in [-0.2, -0.15) is 0 Å². The molecule has 186 valence electrons. The minimum atomic E-state index is -0.588. The number of aromatic nitrogens is 1. The minimum Gasteiger partial charge on any atom is -0.493 e. The van der Waals surface area contributed by atoms with Gasteiger partial charge in [0, 0.05) is 30.0 Å². The van der Waals surface area contributed by atoms with Crippen molar-refractivity contribution < 1.29 is 14.6 Å². The standard InChI is InChI=1S/C28H41N3O3/c1-20-5-4-15-31(18-20)16-14-28(33)12-10-22(11-13-28)29-27(32)25-17-23-24(30-25)8-3-9-26(23)34-19-21-6-2-7-21/h3,8-9,17,20-22,30,33H,2,4-7,10-16,18-19H2,1H3,(H,29,32)/t20-,22?,28?/m1/s1. The first-order valence-electron chi connectivity index (χ1n) is 13.5. The molecule has 2 heterocycles. The molecule has 2 aromatic rings. The maximum absolute atomic E-state index is 13.0. The Morgan fingerprint density at radius 3 is 2.76 bits per heavy atom. The number of aliphatic hydroxyl groups is 1. The molecule has 0 spiro atoms. The zero-order valence-electron chi connectivity index (χ0n) is 20.7. The molecular weight excluding hydrogens is 426 g/mol. The van der Waals surface area contributed by atoms with Gasteiger partial charge in [-0.3, -0.25) is 4.79 Å². The second-order valence-electron chi connectivity index (χ2n) is 11.3. The van der Waals surface area contributed by atoms with Gasteiger partial charge in [0.1, 0.15) is 11.4 Å². The number of carbonyl (C=O) groups is 1. The summed E-state index contributed by atoms with van der Waals surface area (Å²) in [6, 6.07) is 7.99. The average Bonchev–Trinajstić information content (AvgIpc) is 3.24. The topological polar surface area (TPSA) is 77.6 Å². The number of benzene rings is 1. The Morgan fingerprint density at radius 2 is 2.03 bits per heavy atom. The Bertz CT molecular complexity index is 974. The first-order valence-corrected chi connectivity index (χ1v) is 13.5. The van der Waals surface area contributed by atoms with E-state index in [1.165, 1.54) is 32.1 Å². The first kappa shape index (κ1) is 23.7. The number of carbonyl (C=O) groups excluding carboxylic acids is 1. The van der Waals surface area contributed by atoms with Crippen LogP contribution in [0.3, 0.4) is 0 Å².